The third-order valence-electron chi connectivity index (χ3n) is 8.80. The van der Waals surface area contributed by atoms with Crippen molar-refractivity contribution < 1.29 is 27.9 Å². The summed E-state index contributed by atoms with van der Waals surface area (Å²) >= 11 is 12.7. The van der Waals surface area contributed by atoms with Crippen LogP contribution in [0.25, 0.3) is 0 Å². The normalized spacial score (nSPS) is 21.0. The number of nitrogens with zero attached hydrogens (tertiary/aromatic N) is 1. The number of rotatable bonds is 11. The highest BCUT2D eigenvalue weighted by Gasteiger charge is 2.53. The number of nitrogens with one attached hydrogen (secondary N) is 1. The fraction of sp³-hybridized carbons (Fsp3) is 0.400. The van der Waals surface area contributed by atoms with Crippen LogP contribution in [-0.2, 0) is 19.4 Å². The monoisotopic (exact) mass is 686 g/mol. The topological polar surface area (TPSA) is 121 Å². The SMILES string of the molecule is CC(C)[C@@H](CS(=O)(=O)C(C)C)N1C(=O)[C@@](C)(CC(=O)Nc2ccc(C(=O)O)cc2)C[C@H](c2cccc(Cl)c2)[C@H]1c1ccc(Cl)cc1. The highest BCUT2D eigenvalue weighted by Crippen LogP contribution is 2.52. The number of carbonyl (C=O) groups is 3. The number of sulfone groups is 1. The largest absolute Gasteiger partial charge is 0.478 e. The quantitative estimate of drug-likeness (QED) is 0.214. The van der Waals surface area contributed by atoms with Gasteiger partial charge in [0.15, 0.2) is 9.84 Å². The minimum absolute atomic E-state index is 0.0803. The van der Waals surface area contributed by atoms with Crippen molar-refractivity contribution in [3.63, 3.8) is 0 Å². The molecule has 1 aliphatic heterocycles. The molecule has 46 heavy (non-hydrogen) atoms. The van der Waals surface area contributed by atoms with Gasteiger partial charge < -0.3 is 15.3 Å². The molecular weight excluding hydrogens is 647 g/mol. The molecule has 0 aromatic heterocycles. The molecule has 2 amide bonds. The number of hydrogen-bond donors (Lipinski definition) is 2. The van der Waals surface area contributed by atoms with E-state index in [0.29, 0.717) is 15.7 Å². The molecule has 0 saturated carbocycles. The first-order valence-electron chi connectivity index (χ1n) is 15.2. The van der Waals surface area contributed by atoms with E-state index in [-0.39, 0.29) is 41.9 Å². The molecule has 0 aliphatic carbocycles. The Hall–Kier alpha value is -3.40. The van der Waals surface area contributed by atoms with Gasteiger partial charge in [-0.2, -0.15) is 0 Å². The number of carbonyl (C=O) groups excluding carboxylic acids is 2. The average Bonchev–Trinajstić information content (AvgIpc) is 2.98. The zero-order valence-corrected chi connectivity index (χ0v) is 28.9. The van der Waals surface area contributed by atoms with Gasteiger partial charge in [0.2, 0.25) is 11.8 Å². The van der Waals surface area contributed by atoms with Crippen molar-refractivity contribution in [2.75, 3.05) is 11.1 Å². The van der Waals surface area contributed by atoms with Crippen molar-refractivity contribution in [3.05, 3.63) is 99.5 Å². The summed E-state index contributed by atoms with van der Waals surface area (Å²) in [6.45, 7) is 8.82. The molecule has 8 nitrogen and oxygen atoms in total. The van der Waals surface area contributed by atoms with Gasteiger partial charge in [0.25, 0.3) is 0 Å². The molecule has 0 unspecified atom stereocenters. The number of benzene rings is 3. The van der Waals surface area contributed by atoms with Gasteiger partial charge in [-0.05, 0) is 85.8 Å². The van der Waals surface area contributed by atoms with Crippen LogP contribution < -0.4 is 5.32 Å². The lowest BCUT2D eigenvalue weighted by atomic mass is 9.66. The molecule has 2 N–H and O–H groups in total. The minimum atomic E-state index is -3.58. The second-order valence-electron chi connectivity index (χ2n) is 12.9. The second kappa shape index (κ2) is 14.2. The number of hydrogen-bond acceptors (Lipinski definition) is 5. The summed E-state index contributed by atoms with van der Waals surface area (Å²) in [5, 5.41) is 12.4. The number of aromatic carboxylic acids is 1. The van der Waals surface area contributed by atoms with Gasteiger partial charge in [0, 0.05) is 34.1 Å². The highest BCUT2D eigenvalue weighted by molar-refractivity contribution is 7.92. The van der Waals surface area contributed by atoms with Crippen LogP contribution in [0.4, 0.5) is 5.69 Å². The Labute approximate surface area is 281 Å². The molecule has 0 spiro atoms. The van der Waals surface area contributed by atoms with Gasteiger partial charge in [-0.25, -0.2) is 13.2 Å². The molecule has 0 radical (unpaired) electrons. The summed E-state index contributed by atoms with van der Waals surface area (Å²) in [6, 6.07) is 19.1. The smallest absolute Gasteiger partial charge is 0.335 e. The van der Waals surface area contributed by atoms with Crippen molar-refractivity contribution in [1.29, 1.82) is 0 Å². The first-order chi connectivity index (χ1) is 21.5. The number of halogens is 2. The number of anilines is 1. The molecule has 3 aromatic carbocycles. The summed E-state index contributed by atoms with van der Waals surface area (Å²) in [5.74, 6) is -2.66. The van der Waals surface area contributed by atoms with Crippen molar-refractivity contribution >= 4 is 56.5 Å². The summed E-state index contributed by atoms with van der Waals surface area (Å²) in [4.78, 5) is 41.4. The van der Waals surface area contributed by atoms with Gasteiger partial charge in [-0.1, -0.05) is 68.2 Å². The van der Waals surface area contributed by atoms with E-state index in [4.69, 9.17) is 23.2 Å². The van der Waals surface area contributed by atoms with E-state index >= 15 is 0 Å². The Morgan fingerprint density at radius 1 is 0.957 bits per heavy atom. The van der Waals surface area contributed by atoms with Crippen molar-refractivity contribution in [2.24, 2.45) is 11.3 Å². The first kappa shape index (κ1) is 35.5. The number of amides is 2. The molecule has 1 fully saturated rings. The summed E-state index contributed by atoms with van der Waals surface area (Å²) < 4.78 is 26.8. The fourth-order valence-corrected chi connectivity index (χ4v) is 7.92. The van der Waals surface area contributed by atoms with Crippen molar-refractivity contribution in [1.82, 2.24) is 4.90 Å². The summed E-state index contributed by atoms with van der Waals surface area (Å²) in [7, 11) is -3.58. The van der Waals surface area contributed by atoms with Crippen LogP contribution in [0.5, 0.6) is 0 Å². The molecule has 1 saturated heterocycles. The second-order valence-corrected chi connectivity index (χ2v) is 16.4. The van der Waals surface area contributed by atoms with E-state index in [9.17, 15) is 27.9 Å². The van der Waals surface area contributed by atoms with E-state index in [1.54, 1.807) is 43.9 Å². The predicted molar refractivity (Wildman–Crippen MR) is 182 cm³/mol. The Morgan fingerprint density at radius 3 is 2.13 bits per heavy atom. The van der Waals surface area contributed by atoms with Crippen LogP contribution in [0.2, 0.25) is 10.0 Å². The molecule has 3 aromatic rings. The highest BCUT2D eigenvalue weighted by atomic mass is 35.5. The van der Waals surface area contributed by atoms with Gasteiger partial charge in [0.05, 0.1) is 28.0 Å². The Morgan fingerprint density at radius 2 is 1.59 bits per heavy atom. The van der Waals surface area contributed by atoms with Crippen molar-refractivity contribution in [2.45, 2.75) is 70.7 Å². The van der Waals surface area contributed by atoms with E-state index in [2.05, 4.69) is 5.32 Å². The van der Waals surface area contributed by atoms with Gasteiger partial charge in [-0.3, -0.25) is 9.59 Å². The maximum atomic E-state index is 14.9. The van der Waals surface area contributed by atoms with Gasteiger partial charge >= 0.3 is 5.97 Å². The maximum Gasteiger partial charge on any atom is 0.335 e. The molecule has 11 heteroatoms. The van der Waals surface area contributed by atoms with Gasteiger partial charge in [-0.15, -0.1) is 0 Å². The standard InChI is InChI=1S/C35H40Cl2N2O6S/c1-21(2)30(20-46(44,45)22(3)4)39-32(23-9-13-26(36)14-10-23)29(25-7-6-8-27(37)17-25)18-35(5,34(39)43)19-31(40)38-28-15-11-24(12-16-28)33(41)42/h6-17,21-22,29-30,32H,18-20H2,1-5H3,(H,38,40)(H,41,42)/t29-,30-,32-,35-/m1/s1. The van der Waals surface area contributed by atoms with E-state index in [1.165, 1.54) is 24.3 Å². The maximum absolute atomic E-state index is 14.9. The van der Waals surface area contributed by atoms with Gasteiger partial charge in [0.1, 0.15) is 0 Å². The molecule has 1 heterocycles. The first-order valence-corrected chi connectivity index (χ1v) is 17.7. The molecule has 4 rings (SSSR count). The third kappa shape index (κ3) is 7.93. The molecule has 0 bridgehead atoms. The van der Waals surface area contributed by atoms with Crippen LogP contribution in [0.3, 0.4) is 0 Å². The molecule has 1 aliphatic rings. The van der Waals surface area contributed by atoms with Crippen LogP contribution in [0, 0.1) is 11.3 Å². The van der Waals surface area contributed by atoms with Crippen LogP contribution >= 0.6 is 23.2 Å². The lowest BCUT2D eigenvalue weighted by Crippen LogP contribution is -2.59. The minimum Gasteiger partial charge on any atom is -0.478 e. The fourth-order valence-electron chi connectivity index (χ4n) is 6.19. The number of likely N-dealkylation sites (tertiary alicyclic amines) is 1. The predicted octanol–water partition coefficient (Wildman–Crippen LogP) is 7.63. The zero-order chi connectivity index (χ0) is 34.0. The van der Waals surface area contributed by atoms with E-state index < -0.39 is 44.5 Å². The van der Waals surface area contributed by atoms with Crippen LogP contribution in [0.1, 0.15) is 80.9 Å². The number of carboxylic acids is 1. The molecule has 246 valence electrons. The van der Waals surface area contributed by atoms with E-state index in [0.717, 1.165) is 11.1 Å². The Kier molecular flexibility index (Phi) is 10.9. The number of piperidine rings is 1. The lowest BCUT2D eigenvalue weighted by molar-refractivity contribution is -0.157. The van der Waals surface area contributed by atoms with Crippen molar-refractivity contribution in [3.8, 4) is 0 Å². The lowest BCUT2D eigenvalue weighted by Gasteiger charge is -2.53. The Bertz CT molecular complexity index is 1690. The average molecular weight is 688 g/mol. The van der Waals surface area contributed by atoms with Crippen LogP contribution in [0.15, 0.2) is 72.8 Å². The molecule has 4 atom stereocenters. The number of carboxylic acid groups (broad SMARTS) is 1. The zero-order valence-electron chi connectivity index (χ0n) is 26.5. The summed E-state index contributed by atoms with van der Waals surface area (Å²) in [5.41, 5.74) is 0.898. The third-order valence-corrected chi connectivity index (χ3v) is 11.5. The summed E-state index contributed by atoms with van der Waals surface area (Å²) in [6.07, 6.45) is 0.0955. The van der Waals surface area contributed by atoms with E-state index in [1.807, 2.05) is 44.2 Å². The Balaban J connectivity index is 1.85. The molecular formula is C35H40Cl2N2O6S. The van der Waals surface area contributed by atoms with Crippen LogP contribution in [-0.4, -0.2) is 53.3 Å².